The van der Waals surface area contributed by atoms with Gasteiger partial charge in [0, 0.05) is 70.6 Å². The first-order valence-electron chi connectivity index (χ1n) is 43.0. The molecular weight excluding hydrogens is 1550 g/mol. The highest BCUT2D eigenvalue weighted by Gasteiger charge is 2.50. The molecule has 120 heavy (non-hydrogen) atoms. The maximum absolute atomic E-state index is 13.3. The topological polar surface area (TPSA) is 394 Å². The van der Waals surface area contributed by atoms with Gasteiger partial charge < -0.3 is 98.1 Å². The zero-order chi connectivity index (χ0) is 85.4. The molecule has 0 bridgehead atoms. The lowest BCUT2D eigenvalue weighted by Gasteiger charge is -2.35. The SMILES string of the molecule is CO[C@@H](CC1CCCC(=O)C(O)(C(=O)N2CCCCC2)O1)/C(C)=C/C=C/C=C/[C@@H](C)C[C@@H](C)C(=O)C[C@H](O)/C(C)=C/[C@@H](C)CC[C@@H](CCC1CCC(OC(=O)NCCOCCOCCOCCOCCOCCOCCOCCOCCC(=O)N2CCc3cc(Cn4nc(-c5ccc6oc(N)nc6c5)c5c(N)ncnc54)ccc3C2)CC1)OC=O. The Balaban J connectivity index is 0.498. The van der Waals surface area contributed by atoms with Gasteiger partial charge in [-0.1, -0.05) is 75.4 Å². The number of hydrogen-bond acceptors (Lipinski definition) is 27. The molecule has 3 aliphatic heterocycles. The largest absolute Gasteiger partial charge is 0.465 e. The third kappa shape index (κ3) is 31.5. The number of nitrogens with two attached hydrogens (primary N) is 2. The molecular formula is C89H130N10O21. The van der Waals surface area contributed by atoms with Crippen LogP contribution in [0.3, 0.4) is 0 Å². The Kier molecular flexibility index (Phi) is 40.9. The van der Waals surface area contributed by atoms with Crippen molar-refractivity contribution < 1.29 is 100 Å². The monoisotopic (exact) mass is 1670 g/mol. The molecule has 0 radical (unpaired) electrons. The number of nitrogen functional groups attached to an aromatic ring is 2. The van der Waals surface area contributed by atoms with Crippen molar-refractivity contribution in [3.8, 4) is 11.3 Å². The van der Waals surface area contributed by atoms with Crippen LogP contribution in [-0.2, 0) is 100 Å². The lowest BCUT2D eigenvalue weighted by atomic mass is 9.83. The van der Waals surface area contributed by atoms with Crippen LogP contribution in [-0.4, -0.2) is 256 Å². The van der Waals surface area contributed by atoms with E-state index in [1.807, 2.05) is 78.9 Å². The van der Waals surface area contributed by atoms with Gasteiger partial charge in [-0.05, 0) is 174 Å². The molecule has 1 aliphatic carbocycles. The van der Waals surface area contributed by atoms with Crippen LogP contribution in [0.15, 0.2) is 94.7 Å². The van der Waals surface area contributed by atoms with Crippen molar-refractivity contribution in [2.45, 2.75) is 206 Å². The highest BCUT2D eigenvalue weighted by Crippen LogP contribution is 2.36. The summed E-state index contributed by atoms with van der Waals surface area (Å²) in [7, 11) is 1.60. The summed E-state index contributed by atoms with van der Waals surface area (Å²) in [5, 5.41) is 30.8. The van der Waals surface area contributed by atoms with Gasteiger partial charge in [-0.3, -0.25) is 24.0 Å². The number of benzene rings is 2. The van der Waals surface area contributed by atoms with Gasteiger partial charge in [0.25, 0.3) is 18.4 Å². The minimum Gasteiger partial charge on any atom is -0.465 e. The van der Waals surface area contributed by atoms with E-state index in [2.05, 4.69) is 52.3 Å². The predicted octanol–water partition coefficient (Wildman–Crippen LogP) is 10.5. The molecule has 31 heteroatoms. The average molecular weight is 1680 g/mol. The number of ether oxygens (including phenoxy) is 12. The number of nitrogens with one attached hydrogen (secondary N) is 1. The van der Waals surface area contributed by atoms with E-state index in [9.17, 15) is 39.0 Å². The Bertz CT molecular complexity index is 4120. The smallest absolute Gasteiger partial charge is 0.407 e. The zero-order valence-corrected chi connectivity index (χ0v) is 71.2. The second-order valence-corrected chi connectivity index (χ2v) is 31.9. The van der Waals surface area contributed by atoms with Crippen molar-refractivity contribution in [2.75, 3.05) is 150 Å². The molecule has 5 aromatic rings. The summed E-state index contributed by atoms with van der Waals surface area (Å²) in [4.78, 5) is 93.4. The van der Waals surface area contributed by atoms with Crippen LogP contribution >= 0.6 is 0 Å². The van der Waals surface area contributed by atoms with Crippen LogP contribution in [0.2, 0.25) is 0 Å². The third-order valence-corrected chi connectivity index (χ3v) is 22.6. The standard InChI is InChI=1S/C89H130N10O21/c1-62(14-9-7-10-15-64(3)79(108-6)56-74-16-13-17-80(103)89(107,120-74)86(105)97-33-11-8-12-34-97)52-65(4)76(101)57-77(102)66(5)53-63(2)18-25-72(117-61-100)26-20-67-21-27-73(28-22-67)118-88(106)92-32-37-110-39-41-112-43-45-114-47-49-116-51-50-115-48-46-113-44-42-111-40-38-109-36-31-81(104)98-35-30-69-54-68(19-23-71(69)59-98)58-99-85-82(84(90)93-60-94-85)83(96-99)70-24-29-78-75(55-70)95-87(91)119-78/h7,9-10,14-15,19,23-24,29,53-55,60-63,65,67,72-74,77,79,102,107H,8,11-13,16-18,20-22,25-28,30-52,56-59H2,1-6H3,(H2,91,95)(H,92,106)(H2,90,93,94)/b10-7+,14-9+,64-15+,66-53+/t62-,63+,65-,67?,72+,73?,74?,77+,79+,89?/m1/s1. The number of rotatable bonds is 54. The fourth-order valence-corrected chi connectivity index (χ4v) is 15.6. The maximum Gasteiger partial charge on any atom is 0.407 e. The lowest BCUT2D eigenvalue weighted by Crippen LogP contribution is -2.57. The number of methoxy groups -OCH3 is 1. The normalized spacial score (nSPS) is 19.8. The molecule has 2 saturated heterocycles. The van der Waals surface area contributed by atoms with E-state index in [1.54, 1.807) is 18.1 Å². The van der Waals surface area contributed by atoms with Crippen molar-refractivity contribution in [1.29, 1.82) is 0 Å². The molecule has 1 saturated carbocycles. The van der Waals surface area contributed by atoms with Gasteiger partial charge in [-0.2, -0.15) is 10.1 Å². The van der Waals surface area contributed by atoms with Crippen LogP contribution < -0.4 is 16.8 Å². The fraction of sp³-hybridized carbons (Fsp3) is 0.640. The second-order valence-electron chi connectivity index (χ2n) is 31.9. The molecule has 0 spiro atoms. The number of hydrogen-bond donors (Lipinski definition) is 5. The number of Topliss-reactive ketones (excluding diaryl/α,β-unsaturated/α-hetero) is 2. The van der Waals surface area contributed by atoms with E-state index < -0.39 is 35.8 Å². The number of piperidine rings is 1. The zero-order valence-electron chi connectivity index (χ0n) is 71.2. The maximum atomic E-state index is 13.3. The number of aliphatic hydroxyl groups is 2. The Morgan fingerprint density at radius 1 is 0.717 bits per heavy atom. The molecule has 3 fully saturated rings. The van der Waals surface area contributed by atoms with Gasteiger partial charge in [0.05, 0.1) is 142 Å². The summed E-state index contributed by atoms with van der Waals surface area (Å²) in [5.41, 5.74) is 20.4. The number of carbonyl (C=O) groups excluding carboxylic acids is 6. The minimum atomic E-state index is -2.47. The summed E-state index contributed by atoms with van der Waals surface area (Å²) in [6.45, 7) is 19.7. The van der Waals surface area contributed by atoms with Crippen LogP contribution in [0.1, 0.15) is 167 Å². The van der Waals surface area contributed by atoms with Crippen molar-refractivity contribution in [3.63, 3.8) is 0 Å². The fourth-order valence-electron chi connectivity index (χ4n) is 15.6. The number of allylic oxidation sites excluding steroid dienone is 6. The number of amides is 3. The minimum absolute atomic E-state index is 0.00296. The summed E-state index contributed by atoms with van der Waals surface area (Å²) in [6.07, 6.45) is 22.7. The molecule has 662 valence electrons. The molecule has 3 aromatic heterocycles. The molecule has 2 aromatic carbocycles. The summed E-state index contributed by atoms with van der Waals surface area (Å²) >= 11 is 0. The van der Waals surface area contributed by atoms with Gasteiger partial charge in [0.15, 0.2) is 11.2 Å². The number of ketones is 2. The van der Waals surface area contributed by atoms with Gasteiger partial charge in [-0.25, -0.2) is 19.4 Å². The number of aromatic nitrogens is 5. The van der Waals surface area contributed by atoms with Crippen LogP contribution in [0.25, 0.3) is 33.4 Å². The summed E-state index contributed by atoms with van der Waals surface area (Å²) in [6, 6.07) is 11.9. The van der Waals surface area contributed by atoms with E-state index in [0.717, 1.165) is 98.5 Å². The molecule has 3 amide bonds. The van der Waals surface area contributed by atoms with Crippen LogP contribution in [0.5, 0.6) is 0 Å². The first kappa shape index (κ1) is 95.4. The molecule has 31 nitrogen and oxygen atoms in total. The van der Waals surface area contributed by atoms with E-state index in [1.165, 1.54) is 11.9 Å². The highest BCUT2D eigenvalue weighted by molar-refractivity contribution is 6.07. The van der Waals surface area contributed by atoms with E-state index in [4.69, 9.17) is 77.8 Å². The Morgan fingerprint density at radius 3 is 2.05 bits per heavy atom. The van der Waals surface area contributed by atoms with Gasteiger partial charge in [0.1, 0.15) is 41.3 Å². The van der Waals surface area contributed by atoms with E-state index in [0.29, 0.717) is 223 Å². The van der Waals surface area contributed by atoms with Gasteiger partial charge in [-0.15, -0.1) is 0 Å². The Hall–Kier alpha value is -8.44. The van der Waals surface area contributed by atoms with Gasteiger partial charge in [0.2, 0.25) is 11.7 Å². The van der Waals surface area contributed by atoms with Crippen molar-refractivity contribution in [2.24, 2.45) is 23.7 Å². The molecule has 9 rings (SSSR count). The number of carbonyl (C=O) groups is 6. The molecule has 8 atom stereocenters. The first-order valence-corrected chi connectivity index (χ1v) is 43.0. The first-order chi connectivity index (χ1) is 58.2. The number of alkyl carbamates (subject to hydrolysis) is 1. The Labute approximate surface area is 705 Å². The summed E-state index contributed by atoms with van der Waals surface area (Å²) < 4.78 is 75.2. The molecule has 7 N–H and O–H groups in total. The van der Waals surface area contributed by atoms with E-state index in [-0.39, 0.29) is 73.0 Å². The number of fused-ring (bicyclic) bond motifs is 3. The van der Waals surface area contributed by atoms with Crippen LogP contribution in [0.4, 0.5) is 16.6 Å². The Morgan fingerprint density at radius 2 is 1.38 bits per heavy atom. The number of anilines is 2. The van der Waals surface area contributed by atoms with Crippen LogP contribution in [0, 0.1) is 23.7 Å². The number of likely N-dealkylation sites (tertiary alicyclic amines) is 1. The molecule has 4 aliphatic rings. The molecule has 2 unspecified atom stereocenters. The summed E-state index contributed by atoms with van der Waals surface area (Å²) in [5.74, 6) is -2.98. The number of aliphatic hydroxyl groups excluding tert-OH is 1. The van der Waals surface area contributed by atoms with Crippen molar-refractivity contribution in [1.82, 2.24) is 39.8 Å². The van der Waals surface area contributed by atoms with E-state index >= 15 is 0 Å². The van der Waals surface area contributed by atoms with Crippen molar-refractivity contribution >= 4 is 69.9 Å². The lowest BCUT2D eigenvalue weighted by molar-refractivity contribution is -0.228. The van der Waals surface area contributed by atoms with Gasteiger partial charge >= 0.3 is 11.9 Å². The molecule has 6 heterocycles. The van der Waals surface area contributed by atoms with Crippen molar-refractivity contribution in [3.05, 3.63) is 107 Å². The highest BCUT2D eigenvalue weighted by atomic mass is 16.6. The quantitative estimate of drug-likeness (QED) is 0.00793. The number of nitrogens with zero attached hydrogens (tertiary/aromatic N) is 7. The third-order valence-electron chi connectivity index (χ3n) is 22.6. The predicted molar refractivity (Wildman–Crippen MR) is 451 cm³/mol. The number of oxazole rings is 1. The second kappa shape index (κ2) is 51.5. The average Bonchev–Trinajstić information content (AvgIpc) is 1.61.